The number of benzene rings is 1. The zero-order chi connectivity index (χ0) is 14.7. The summed E-state index contributed by atoms with van der Waals surface area (Å²) in [6.45, 7) is 4.21. The Morgan fingerprint density at radius 1 is 1.19 bits per heavy atom. The van der Waals surface area contributed by atoms with Crippen LogP contribution in [0.3, 0.4) is 0 Å². The van der Waals surface area contributed by atoms with Gasteiger partial charge >= 0.3 is 0 Å². The molecule has 2 fully saturated rings. The van der Waals surface area contributed by atoms with Gasteiger partial charge in [0.25, 0.3) is 0 Å². The van der Waals surface area contributed by atoms with Crippen LogP contribution in [0.4, 0.5) is 0 Å². The molecular formula is C18H27NO2. The number of hydrogen-bond donors (Lipinski definition) is 1. The third-order valence-corrected chi connectivity index (χ3v) is 5.07. The Balaban J connectivity index is 1.62. The zero-order valence-corrected chi connectivity index (χ0v) is 13.0. The first-order valence-electron chi connectivity index (χ1n) is 8.38. The van der Waals surface area contributed by atoms with Gasteiger partial charge in [-0.15, -0.1) is 0 Å². The summed E-state index contributed by atoms with van der Waals surface area (Å²) in [6.07, 6.45) is 6.64. The quantitative estimate of drug-likeness (QED) is 0.831. The van der Waals surface area contributed by atoms with Crippen LogP contribution in [0.2, 0.25) is 0 Å². The topological polar surface area (TPSA) is 44.5 Å². The minimum Gasteiger partial charge on any atom is -0.493 e. The van der Waals surface area contributed by atoms with Crippen LogP contribution in [0.15, 0.2) is 18.2 Å². The summed E-state index contributed by atoms with van der Waals surface area (Å²) in [5, 5.41) is 0. The minimum absolute atomic E-state index is 0.514. The standard InChI is InChI=1S/C18H27NO2/c1-2-7-20-17-6-5-15(11-19)18(10-17)21-12-16-9-13-3-4-14(16)8-13/h5-6,10,13-14,16H,2-4,7-9,11-12,19H2,1H3. The molecule has 2 aliphatic rings. The van der Waals surface area contributed by atoms with Crippen LogP contribution in [0.1, 0.15) is 44.6 Å². The van der Waals surface area contributed by atoms with Gasteiger partial charge in [-0.3, -0.25) is 0 Å². The highest BCUT2D eigenvalue weighted by Gasteiger charge is 2.39. The van der Waals surface area contributed by atoms with Gasteiger partial charge in [-0.25, -0.2) is 0 Å². The van der Waals surface area contributed by atoms with Gasteiger partial charge in [0.1, 0.15) is 11.5 Å². The SMILES string of the molecule is CCCOc1ccc(CN)c(OCC2CC3CCC2C3)c1. The van der Waals surface area contributed by atoms with E-state index in [0.717, 1.165) is 54.5 Å². The first-order chi connectivity index (χ1) is 10.3. The fraction of sp³-hybridized carbons (Fsp3) is 0.667. The second kappa shape index (κ2) is 6.69. The fourth-order valence-electron chi connectivity index (χ4n) is 3.92. The monoisotopic (exact) mass is 289 g/mol. The molecule has 3 unspecified atom stereocenters. The van der Waals surface area contributed by atoms with Crippen LogP contribution < -0.4 is 15.2 Å². The second-order valence-electron chi connectivity index (χ2n) is 6.57. The third kappa shape index (κ3) is 3.34. The summed E-state index contributed by atoms with van der Waals surface area (Å²) in [5.74, 6) is 4.41. The third-order valence-electron chi connectivity index (χ3n) is 5.07. The van der Waals surface area contributed by atoms with Crippen LogP contribution in [0, 0.1) is 17.8 Å². The van der Waals surface area contributed by atoms with Crippen LogP contribution >= 0.6 is 0 Å². The Kier molecular flexibility index (Phi) is 4.69. The van der Waals surface area contributed by atoms with E-state index in [1.165, 1.54) is 25.7 Å². The molecular weight excluding hydrogens is 262 g/mol. The lowest BCUT2D eigenvalue weighted by Gasteiger charge is -2.22. The van der Waals surface area contributed by atoms with Gasteiger partial charge in [0, 0.05) is 18.2 Å². The van der Waals surface area contributed by atoms with Gasteiger partial charge in [0.15, 0.2) is 0 Å². The maximum atomic E-state index is 6.13. The molecule has 0 aliphatic heterocycles. The van der Waals surface area contributed by atoms with Crippen LogP contribution in [-0.4, -0.2) is 13.2 Å². The molecule has 2 aliphatic carbocycles. The number of nitrogens with two attached hydrogens (primary N) is 1. The first-order valence-corrected chi connectivity index (χ1v) is 8.38. The first kappa shape index (κ1) is 14.7. The average molecular weight is 289 g/mol. The van der Waals surface area contributed by atoms with Crippen LogP contribution in [0.5, 0.6) is 11.5 Å². The van der Waals surface area contributed by atoms with E-state index in [0.29, 0.717) is 6.54 Å². The molecule has 3 nitrogen and oxygen atoms in total. The Hall–Kier alpha value is -1.22. The van der Waals surface area contributed by atoms with Crippen molar-refractivity contribution >= 4 is 0 Å². The van der Waals surface area contributed by atoms with Crippen molar-refractivity contribution < 1.29 is 9.47 Å². The van der Waals surface area contributed by atoms with Crippen LogP contribution in [0.25, 0.3) is 0 Å². The lowest BCUT2D eigenvalue weighted by atomic mass is 9.89. The molecule has 0 radical (unpaired) electrons. The molecule has 0 spiro atoms. The van der Waals surface area contributed by atoms with E-state index in [2.05, 4.69) is 6.92 Å². The minimum atomic E-state index is 0.514. The summed E-state index contributed by atoms with van der Waals surface area (Å²) >= 11 is 0. The summed E-state index contributed by atoms with van der Waals surface area (Å²) in [6, 6.07) is 6.02. The second-order valence-corrected chi connectivity index (χ2v) is 6.57. The molecule has 1 aromatic rings. The molecule has 1 aromatic carbocycles. The average Bonchev–Trinajstić information content (AvgIpc) is 3.13. The maximum Gasteiger partial charge on any atom is 0.127 e. The van der Waals surface area contributed by atoms with E-state index in [4.69, 9.17) is 15.2 Å². The molecule has 3 atom stereocenters. The van der Waals surface area contributed by atoms with E-state index >= 15 is 0 Å². The molecule has 3 heteroatoms. The van der Waals surface area contributed by atoms with Gasteiger partial charge in [0.2, 0.25) is 0 Å². The van der Waals surface area contributed by atoms with Crippen molar-refractivity contribution in [1.29, 1.82) is 0 Å². The van der Waals surface area contributed by atoms with Crippen molar-refractivity contribution in [2.75, 3.05) is 13.2 Å². The normalized spacial score (nSPS) is 27.0. The fourth-order valence-corrected chi connectivity index (χ4v) is 3.92. The molecule has 3 rings (SSSR count). The molecule has 2 bridgehead atoms. The molecule has 0 amide bonds. The predicted octanol–water partition coefficient (Wildman–Crippen LogP) is 3.75. The maximum absolute atomic E-state index is 6.13. The molecule has 0 aromatic heterocycles. The molecule has 2 saturated carbocycles. The number of rotatable bonds is 7. The summed E-state index contributed by atoms with van der Waals surface area (Å²) in [5.41, 5.74) is 6.90. The predicted molar refractivity (Wildman–Crippen MR) is 84.6 cm³/mol. The lowest BCUT2D eigenvalue weighted by molar-refractivity contribution is 0.193. The largest absolute Gasteiger partial charge is 0.493 e. The summed E-state index contributed by atoms with van der Waals surface area (Å²) < 4.78 is 11.8. The van der Waals surface area contributed by atoms with Crippen molar-refractivity contribution in [3.63, 3.8) is 0 Å². The summed E-state index contributed by atoms with van der Waals surface area (Å²) in [4.78, 5) is 0. The highest BCUT2D eigenvalue weighted by atomic mass is 16.5. The molecule has 0 saturated heterocycles. The van der Waals surface area contributed by atoms with E-state index in [1.54, 1.807) is 0 Å². The van der Waals surface area contributed by atoms with Gasteiger partial charge in [-0.2, -0.15) is 0 Å². The van der Waals surface area contributed by atoms with E-state index in [1.807, 2.05) is 18.2 Å². The van der Waals surface area contributed by atoms with Crippen molar-refractivity contribution in [2.24, 2.45) is 23.5 Å². The molecule has 0 heterocycles. The number of ether oxygens (including phenoxy) is 2. The van der Waals surface area contributed by atoms with E-state index in [9.17, 15) is 0 Å². The zero-order valence-electron chi connectivity index (χ0n) is 13.0. The van der Waals surface area contributed by atoms with Gasteiger partial charge in [-0.1, -0.05) is 19.4 Å². The smallest absolute Gasteiger partial charge is 0.127 e. The van der Waals surface area contributed by atoms with E-state index < -0.39 is 0 Å². The van der Waals surface area contributed by atoms with Crippen molar-refractivity contribution in [3.05, 3.63) is 23.8 Å². The Bertz CT molecular complexity index is 474. The number of fused-ring (bicyclic) bond motifs is 2. The van der Waals surface area contributed by atoms with Crippen molar-refractivity contribution in [3.8, 4) is 11.5 Å². The summed E-state index contributed by atoms with van der Waals surface area (Å²) in [7, 11) is 0. The number of hydrogen-bond acceptors (Lipinski definition) is 3. The molecule has 116 valence electrons. The van der Waals surface area contributed by atoms with Gasteiger partial charge < -0.3 is 15.2 Å². The Morgan fingerprint density at radius 2 is 2.10 bits per heavy atom. The van der Waals surface area contributed by atoms with Gasteiger partial charge in [0.05, 0.1) is 13.2 Å². The molecule has 2 N–H and O–H groups in total. The van der Waals surface area contributed by atoms with Crippen LogP contribution in [-0.2, 0) is 6.54 Å². The highest BCUT2D eigenvalue weighted by Crippen LogP contribution is 2.48. The lowest BCUT2D eigenvalue weighted by Crippen LogP contribution is -2.19. The Morgan fingerprint density at radius 3 is 2.76 bits per heavy atom. The van der Waals surface area contributed by atoms with E-state index in [-0.39, 0.29) is 0 Å². The van der Waals surface area contributed by atoms with Gasteiger partial charge in [-0.05, 0) is 49.5 Å². The Labute approximate surface area is 127 Å². The van der Waals surface area contributed by atoms with Crippen molar-refractivity contribution in [2.45, 2.75) is 45.6 Å². The highest BCUT2D eigenvalue weighted by molar-refractivity contribution is 5.40. The van der Waals surface area contributed by atoms with Crippen molar-refractivity contribution in [1.82, 2.24) is 0 Å². The molecule has 21 heavy (non-hydrogen) atoms.